The first kappa shape index (κ1) is 17.0. The number of rotatable bonds is 6. The molecule has 0 radical (unpaired) electrons. The molecule has 1 atom stereocenters. The third-order valence-corrected chi connectivity index (χ3v) is 3.63. The number of amides is 1. The van der Waals surface area contributed by atoms with Crippen molar-refractivity contribution < 1.29 is 29.2 Å². The van der Waals surface area contributed by atoms with Crippen LogP contribution in [0.4, 0.5) is 0 Å². The van der Waals surface area contributed by atoms with Crippen LogP contribution < -0.4 is 9.97 Å². The van der Waals surface area contributed by atoms with Crippen molar-refractivity contribution in [3.8, 4) is 5.75 Å². The van der Waals surface area contributed by atoms with Crippen molar-refractivity contribution in [3.63, 3.8) is 0 Å². The summed E-state index contributed by atoms with van der Waals surface area (Å²) in [6.45, 7) is 1.47. The molecule has 0 aromatic heterocycles. The first-order valence-corrected chi connectivity index (χ1v) is 7.37. The zero-order chi connectivity index (χ0) is 17.0. The number of carboxylic acids is 1. The van der Waals surface area contributed by atoms with Crippen LogP contribution in [0, 0.1) is 0 Å². The van der Waals surface area contributed by atoms with E-state index in [1.807, 2.05) is 0 Å². The number of aromatic carboxylic acids is 1. The highest BCUT2D eigenvalue weighted by atomic mass is 16.5. The number of carbonyl (C=O) groups excluding carboxylic acids is 2. The van der Waals surface area contributed by atoms with Gasteiger partial charge in [-0.05, 0) is 31.4 Å². The van der Waals surface area contributed by atoms with Crippen molar-refractivity contribution in [3.05, 3.63) is 29.3 Å². The normalized spacial score (nSPS) is 16.3. The number of para-hydroxylation sites is 1. The van der Waals surface area contributed by atoms with Crippen LogP contribution in [0.5, 0.6) is 5.75 Å². The molecule has 0 bridgehead atoms. The summed E-state index contributed by atoms with van der Waals surface area (Å²) in [4.78, 5) is 33.8. The van der Waals surface area contributed by atoms with E-state index < -0.39 is 19.0 Å². The van der Waals surface area contributed by atoms with E-state index in [2.05, 4.69) is 5.32 Å². The summed E-state index contributed by atoms with van der Waals surface area (Å²) in [5, 5.41) is 21.8. The van der Waals surface area contributed by atoms with Crippen molar-refractivity contribution in [2.45, 2.75) is 38.5 Å². The average molecular weight is 319 g/mol. The Kier molecular flexibility index (Phi) is 5.38. The number of Topliss-reactive ketones (excluding diaryl/α,β-unsaturated/α-hetero) is 1. The van der Waals surface area contributed by atoms with Crippen LogP contribution in [-0.4, -0.2) is 40.8 Å². The molecule has 0 fully saturated rings. The van der Waals surface area contributed by atoms with Crippen LogP contribution in [0.3, 0.4) is 0 Å². The maximum Gasteiger partial charge on any atom is 0.547 e. The predicted octanol–water partition coefficient (Wildman–Crippen LogP) is 0.584. The molecule has 23 heavy (non-hydrogen) atoms. The van der Waals surface area contributed by atoms with Crippen LogP contribution in [0.25, 0.3) is 0 Å². The SMILES string of the molecule is CC(=O)CCCC(=O)N[C@H]1Cc2cccc(C(=O)O)c2OB1O. The molecular weight excluding hydrogens is 301 g/mol. The summed E-state index contributed by atoms with van der Waals surface area (Å²) in [6, 6.07) is 4.69. The van der Waals surface area contributed by atoms with Gasteiger partial charge in [-0.2, -0.15) is 0 Å². The Morgan fingerprint density at radius 1 is 1.35 bits per heavy atom. The van der Waals surface area contributed by atoms with Gasteiger partial charge in [-0.3, -0.25) is 4.79 Å². The molecule has 2 rings (SSSR count). The van der Waals surface area contributed by atoms with E-state index in [4.69, 9.17) is 9.76 Å². The van der Waals surface area contributed by atoms with Crippen molar-refractivity contribution in [1.29, 1.82) is 0 Å². The maximum atomic E-state index is 11.8. The Bertz CT molecular complexity index is 632. The highest BCUT2D eigenvalue weighted by Gasteiger charge is 2.37. The lowest BCUT2D eigenvalue weighted by Crippen LogP contribution is -2.53. The first-order valence-electron chi connectivity index (χ1n) is 7.37. The monoisotopic (exact) mass is 319 g/mol. The zero-order valence-electron chi connectivity index (χ0n) is 12.7. The van der Waals surface area contributed by atoms with Crippen molar-refractivity contribution in [2.75, 3.05) is 0 Å². The Labute approximate surface area is 133 Å². The second kappa shape index (κ2) is 7.28. The van der Waals surface area contributed by atoms with E-state index in [0.29, 0.717) is 18.4 Å². The van der Waals surface area contributed by atoms with Crippen molar-refractivity contribution >= 4 is 24.8 Å². The fraction of sp³-hybridized carbons (Fsp3) is 0.400. The van der Waals surface area contributed by atoms with Gasteiger partial charge in [0.25, 0.3) is 0 Å². The van der Waals surface area contributed by atoms with Crippen LogP contribution >= 0.6 is 0 Å². The molecule has 8 heteroatoms. The molecule has 0 unspecified atom stereocenters. The lowest BCUT2D eigenvalue weighted by molar-refractivity contribution is -0.121. The van der Waals surface area contributed by atoms with E-state index in [0.717, 1.165) is 0 Å². The van der Waals surface area contributed by atoms with E-state index in [9.17, 15) is 19.4 Å². The molecule has 1 aliphatic heterocycles. The highest BCUT2D eigenvalue weighted by Crippen LogP contribution is 2.30. The Morgan fingerprint density at radius 2 is 2.09 bits per heavy atom. The van der Waals surface area contributed by atoms with E-state index >= 15 is 0 Å². The Balaban J connectivity index is 2.01. The van der Waals surface area contributed by atoms with Crippen LogP contribution in [-0.2, 0) is 16.0 Å². The molecule has 1 aliphatic rings. The van der Waals surface area contributed by atoms with Gasteiger partial charge >= 0.3 is 13.1 Å². The fourth-order valence-corrected chi connectivity index (χ4v) is 2.49. The van der Waals surface area contributed by atoms with Crippen LogP contribution in [0.1, 0.15) is 42.1 Å². The lowest BCUT2D eigenvalue weighted by Gasteiger charge is -2.28. The summed E-state index contributed by atoms with van der Waals surface area (Å²) in [7, 11) is -1.32. The fourth-order valence-electron chi connectivity index (χ4n) is 2.49. The first-order chi connectivity index (χ1) is 10.9. The molecular formula is C15H18BNO6. The molecule has 0 aliphatic carbocycles. The van der Waals surface area contributed by atoms with Gasteiger partial charge in [0.2, 0.25) is 5.91 Å². The predicted molar refractivity (Wildman–Crippen MR) is 82.2 cm³/mol. The molecule has 7 nitrogen and oxygen atoms in total. The molecule has 1 amide bonds. The maximum absolute atomic E-state index is 11.8. The summed E-state index contributed by atoms with van der Waals surface area (Å²) < 4.78 is 5.29. The van der Waals surface area contributed by atoms with Crippen LogP contribution in [0.15, 0.2) is 18.2 Å². The molecule has 0 saturated carbocycles. The van der Waals surface area contributed by atoms with Gasteiger partial charge < -0.3 is 24.9 Å². The molecule has 3 N–H and O–H groups in total. The Hall–Kier alpha value is -2.35. The van der Waals surface area contributed by atoms with Crippen molar-refractivity contribution in [2.24, 2.45) is 0 Å². The molecule has 1 aromatic rings. The topological polar surface area (TPSA) is 113 Å². The number of carbonyl (C=O) groups is 3. The number of fused-ring (bicyclic) bond motifs is 1. The summed E-state index contributed by atoms with van der Waals surface area (Å²) in [5.41, 5.74) is 0.594. The number of ketones is 1. The summed E-state index contributed by atoms with van der Waals surface area (Å²) in [6.07, 6.45) is 1.24. The number of nitrogens with one attached hydrogen (secondary N) is 1. The van der Waals surface area contributed by atoms with Gasteiger partial charge in [0.15, 0.2) is 0 Å². The largest absolute Gasteiger partial charge is 0.547 e. The van der Waals surface area contributed by atoms with Gasteiger partial charge in [0.05, 0.1) is 11.5 Å². The van der Waals surface area contributed by atoms with Crippen LogP contribution in [0.2, 0.25) is 0 Å². The van der Waals surface area contributed by atoms with Gasteiger partial charge in [-0.25, -0.2) is 4.79 Å². The van der Waals surface area contributed by atoms with E-state index in [1.165, 1.54) is 13.0 Å². The minimum Gasteiger partial charge on any atom is -0.534 e. The number of carboxylic acid groups (broad SMARTS) is 1. The zero-order valence-corrected chi connectivity index (χ0v) is 12.7. The third-order valence-electron chi connectivity index (χ3n) is 3.63. The molecule has 0 saturated heterocycles. The van der Waals surface area contributed by atoms with E-state index in [1.54, 1.807) is 12.1 Å². The number of hydrogen-bond donors (Lipinski definition) is 3. The van der Waals surface area contributed by atoms with Gasteiger partial charge in [-0.1, -0.05) is 12.1 Å². The minimum atomic E-state index is -1.32. The third kappa shape index (κ3) is 4.32. The van der Waals surface area contributed by atoms with Gasteiger partial charge in [0, 0.05) is 12.8 Å². The summed E-state index contributed by atoms with van der Waals surface area (Å²) >= 11 is 0. The minimum absolute atomic E-state index is 0.0206. The van der Waals surface area contributed by atoms with Gasteiger partial charge in [-0.15, -0.1) is 0 Å². The molecule has 0 spiro atoms. The number of benzene rings is 1. The second-order valence-corrected chi connectivity index (χ2v) is 5.54. The van der Waals surface area contributed by atoms with Gasteiger partial charge in [0.1, 0.15) is 11.5 Å². The van der Waals surface area contributed by atoms with Crippen molar-refractivity contribution in [1.82, 2.24) is 5.32 Å². The highest BCUT2D eigenvalue weighted by molar-refractivity contribution is 6.47. The standard InChI is InChI=1S/C15H18BNO6/c1-9(18)4-2-7-13(19)17-12-8-10-5-3-6-11(15(20)21)14(10)23-16(12)22/h3,5-6,12,22H,2,4,7-8H2,1H3,(H,17,19)(H,20,21)/t12-/m0/s1. The summed E-state index contributed by atoms with van der Waals surface area (Å²) in [5.74, 6) is -1.92. The molecule has 1 heterocycles. The van der Waals surface area contributed by atoms with E-state index in [-0.39, 0.29) is 35.8 Å². The molecule has 1 aromatic carbocycles. The quantitative estimate of drug-likeness (QED) is 0.661. The smallest absolute Gasteiger partial charge is 0.534 e. The number of hydrogen-bond acceptors (Lipinski definition) is 5. The Morgan fingerprint density at radius 3 is 2.74 bits per heavy atom. The molecule has 122 valence electrons. The average Bonchev–Trinajstić information content (AvgIpc) is 2.46. The lowest BCUT2D eigenvalue weighted by atomic mass is 9.72. The second-order valence-electron chi connectivity index (χ2n) is 5.54.